The molecule has 0 aliphatic carbocycles. The van der Waals surface area contributed by atoms with E-state index < -0.39 is 11.4 Å². The number of halogens is 1. The number of nitrogens with one attached hydrogen (secondary N) is 1. The van der Waals surface area contributed by atoms with E-state index in [1.165, 1.54) is 16.7 Å². The molecule has 6 nitrogen and oxygen atoms in total. The Morgan fingerprint density at radius 2 is 2.24 bits per heavy atom. The van der Waals surface area contributed by atoms with Crippen molar-refractivity contribution in [2.24, 2.45) is 0 Å². The van der Waals surface area contributed by atoms with Crippen LogP contribution in [0.2, 0.25) is 0 Å². The number of amides is 1. The molecule has 3 rings (SSSR count). The van der Waals surface area contributed by atoms with Crippen LogP contribution in [0, 0.1) is 12.7 Å². The van der Waals surface area contributed by atoms with Gasteiger partial charge in [0.05, 0.1) is 16.5 Å². The molecule has 134 valence electrons. The molecule has 1 amide bonds. The zero-order valence-corrected chi connectivity index (χ0v) is 14.6. The highest BCUT2D eigenvalue weighted by atomic mass is 19.1. The topological polar surface area (TPSA) is 73.2 Å². The van der Waals surface area contributed by atoms with Crippen molar-refractivity contribution in [1.29, 1.82) is 0 Å². The first-order chi connectivity index (χ1) is 11.7. The Hall–Kier alpha value is -2.28. The number of nitrogens with zero attached hydrogens (tertiary/aromatic N) is 2. The average Bonchev–Trinajstić information content (AvgIpc) is 2.51. The van der Waals surface area contributed by atoms with Crippen molar-refractivity contribution in [3.05, 3.63) is 40.2 Å². The van der Waals surface area contributed by atoms with Gasteiger partial charge in [0.2, 0.25) is 5.91 Å². The molecule has 1 fully saturated rings. The number of aryl methyl sites for hydroxylation is 1. The van der Waals surface area contributed by atoms with E-state index in [-0.39, 0.29) is 29.5 Å². The van der Waals surface area contributed by atoms with Crippen molar-refractivity contribution in [2.45, 2.75) is 51.8 Å². The third-order valence-electron chi connectivity index (χ3n) is 4.47. The lowest BCUT2D eigenvalue weighted by molar-refractivity contribution is -0.124. The van der Waals surface area contributed by atoms with Crippen LogP contribution in [0.3, 0.4) is 0 Å². The smallest absolute Gasteiger partial charge is 0.261 e. The van der Waals surface area contributed by atoms with E-state index in [4.69, 9.17) is 4.74 Å². The molecule has 2 heterocycles. The van der Waals surface area contributed by atoms with E-state index in [0.717, 1.165) is 12.5 Å². The van der Waals surface area contributed by atoms with Crippen LogP contribution in [0.25, 0.3) is 10.9 Å². The van der Waals surface area contributed by atoms with Gasteiger partial charge in [0.25, 0.3) is 5.56 Å². The zero-order chi connectivity index (χ0) is 18.2. The van der Waals surface area contributed by atoms with Crippen LogP contribution in [0.15, 0.2) is 23.0 Å². The fourth-order valence-corrected chi connectivity index (χ4v) is 3.26. The molecular formula is C18H22FN3O3. The van der Waals surface area contributed by atoms with E-state index in [9.17, 15) is 14.0 Å². The van der Waals surface area contributed by atoms with Crippen LogP contribution in [0.5, 0.6) is 0 Å². The molecule has 25 heavy (non-hydrogen) atoms. The van der Waals surface area contributed by atoms with E-state index in [0.29, 0.717) is 24.4 Å². The summed E-state index contributed by atoms with van der Waals surface area (Å²) < 4.78 is 20.3. The second-order valence-electron chi connectivity index (χ2n) is 7.08. The van der Waals surface area contributed by atoms with Crippen molar-refractivity contribution in [2.75, 3.05) is 6.61 Å². The molecule has 1 N–H and O–H groups in total. The summed E-state index contributed by atoms with van der Waals surface area (Å²) in [6.07, 6.45) is 1.46. The molecule has 1 unspecified atom stereocenters. The predicted octanol–water partition coefficient (Wildman–Crippen LogP) is 1.92. The molecule has 1 aliphatic rings. The molecule has 0 saturated carbocycles. The van der Waals surface area contributed by atoms with Gasteiger partial charge in [0, 0.05) is 12.6 Å². The van der Waals surface area contributed by atoms with E-state index in [2.05, 4.69) is 10.3 Å². The van der Waals surface area contributed by atoms with Gasteiger partial charge >= 0.3 is 0 Å². The maximum absolute atomic E-state index is 13.4. The number of fused-ring (bicyclic) bond motifs is 1. The first-order valence-electron chi connectivity index (χ1n) is 8.35. The van der Waals surface area contributed by atoms with Gasteiger partial charge < -0.3 is 10.1 Å². The van der Waals surface area contributed by atoms with E-state index in [1.54, 1.807) is 6.92 Å². The Morgan fingerprint density at radius 3 is 2.96 bits per heavy atom. The number of hydrogen-bond acceptors (Lipinski definition) is 4. The number of benzene rings is 1. The summed E-state index contributed by atoms with van der Waals surface area (Å²) in [5, 5.41) is 3.13. The summed E-state index contributed by atoms with van der Waals surface area (Å²) in [5.74, 6) is -0.340. The molecule has 0 radical (unpaired) electrons. The number of ether oxygens (including phenoxy) is 1. The lowest BCUT2D eigenvalue weighted by atomic mass is 9.94. The number of aromatic nitrogens is 2. The molecule has 2 aromatic rings. The Labute approximate surface area is 145 Å². The van der Waals surface area contributed by atoms with Gasteiger partial charge in [-0.25, -0.2) is 9.37 Å². The predicted molar refractivity (Wildman–Crippen MR) is 91.9 cm³/mol. The first-order valence-corrected chi connectivity index (χ1v) is 8.35. The van der Waals surface area contributed by atoms with Crippen molar-refractivity contribution in [1.82, 2.24) is 14.9 Å². The van der Waals surface area contributed by atoms with Crippen LogP contribution in [0.1, 0.15) is 32.5 Å². The fraction of sp³-hybridized carbons (Fsp3) is 0.500. The largest absolute Gasteiger partial charge is 0.375 e. The highest BCUT2D eigenvalue weighted by Crippen LogP contribution is 2.23. The lowest BCUT2D eigenvalue weighted by Crippen LogP contribution is -2.47. The minimum Gasteiger partial charge on any atom is -0.375 e. The summed E-state index contributed by atoms with van der Waals surface area (Å²) in [7, 11) is 0. The maximum atomic E-state index is 13.4. The Bertz CT molecular complexity index is 876. The maximum Gasteiger partial charge on any atom is 0.261 e. The zero-order valence-electron chi connectivity index (χ0n) is 14.6. The second kappa shape index (κ2) is 6.55. The van der Waals surface area contributed by atoms with Gasteiger partial charge in [0.1, 0.15) is 18.2 Å². The Morgan fingerprint density at radius 1 is 1.48 bits per heavy atom. The Balaban J connectivity index is 1.80. The fourth-order valence-electron chi connectivity index (χ4n) is 3.26. The standard InChI is InChI=1S/C18H22FN3O3/c1-11-20-15-5-4-12(19)8-14(15)17(24)22(11)10-16(23)21-13-6-7-25-18(2,3)9-13/h4-5,8,13H,6-7,9-10H2,1-3H3,(H,21,23). The van der Waals surface area contributed by atoms with Crippen molar-refractivity contribution >= 4 is 16.8 Å². The van der Waals surface area contributed by atoms with E-state index in [1.807, 2.05) is 13.8 Å². The number of carbonyl (C=O) groups excluding carboxylic acids is 1. The summed E-state index contributed by atoms with van der Waals surface area (Å²) in [5.41, 5.74) is -0.262. The van der Waals surface area contributed by atoms with Gasteiger partial charge in [-0.1, -0.05) is 0 Å². The SMILES string of the molecule is Cc1nc2ccc(F)cc2c(=O)n1CC(=O)NC1CCOC(C)(C)C1. The molecule has 1 aromatic carbocycles. The summed E-state index contributed by atoms with van der Waals surface area (Å²) in [6, 6.07) is 3.89. The van der Waals surface area contributed by atoms with Crippen LogP contribution in [0.4, 0.5) is 4.39 Å². The molecule has 0 spiro atoms. The van der Waals surface area contributed by atoms with Gasteiger partial charge in [0.15, 0.2) is 0 Å². The van der Waals surface area contributed by atoms with Crippen molar-refractivity contribution < 1.29 is 13.9 Å². The van der Waals surface area contributed by atoms with Gasteiger partial charge in [-0.3, -0.25) is 14.2 Å². The van der Waals surface area contributed by atoms with Gasteiger partial charge in [-0.05, 0) is 51.8 Å². The minimum absolute atomic E-state index is 0.0121. The molecule has 1 aromatic heterocycles. The van der Waals surface area contributed by atoms with Crippen LogP contribution in [-0.2, 0) is 16.1 Å². The number of hydrogen-bond donors (Lipinski definition) is 1. The average molecular weight is 347 g/mol. The molecule has 1 saturated heterocycles. The third-order valence-corrected chi connectivity index (χ3v) is 4.47. The molecule has 7 heteroatoms. The van der Waals surface area contributed by atoms with Crippen LogP contribution >= 0.6 is 0 Å². The minimum atomic E-state index is -0.504. The third kappa shape index (κ3) is 3.87. The highest BCUT2D eigenvalue weighted by Gasteiger charge is 2.29. The lowest BCUT2D eigenvalue weighted by Gasteiger charge is -2.35. The van der Waals surface area contributed by atoms with Gasteiger partial charge in [-0.15, -0.1) is 0 Å². The first kappa shape index (κ1) is 17.5. The molecule has 1 aliphatic heterocycles. The highest BCUT2D eigenvalue weighted by molar-refractivity contribution is 5.79. The molecule has 1 atom stereocenters. The summed E-state index contributed by atoms with van der Waals surface area (Å²) in [4.78, 5) is 29.3. The summed E-state index contributed by atoms with van der Waals surface area (Å²) in [6.45, 7) is 6.09. The number of rotatable bonds is 3. The van der Waals surface area contributed by atoms with Crippen LogP contribution < -0.4 is 10.9 Å². The monoisotopic (exact) mass is 347 g/mol. The Kier molecular flexibility index (Phi) is 4.60. The number of carbonyl (C=O) groups is 1. The van der Waals surface area contributed by atoms with Crippen molar-refractivity contribution in [3.8, 4) is 0 Å². The van der Waals surface area contributed by atoms with Crippen LogP contribution in [-0.4, -0.2) is 33.7 Å². The second-order valence-corrected chi connectivity index (χ2v) is 7.08. The summed E-state index contributed by atoms with van der Waals surface area (Å²) >= 11 is 0. The quantitative estimate of drug-likeness (QED) is 0.921. The van der Waals surface area contributed by atoms with Crippen molar-refractivity contribution in [3.63, 3.8) is 0 Å². The molecule has 0 bridgehead atoms. The van der Waals surface area contributed by atoms with E-state index >= 15 is 0 Å². The normalized spacial score (nSPS) is 19.8. The molecular weight excluding hydrogens is 325 g/mol. The van der Waals surface area contributed by atoms with Gasteiger partial charge in [-0.2, -0.15) is 0 Å².